The Hall–Kier alpha value is -3.64. The van der Waals surface area contributed by atoms with Crippen LogP contribution in [0.3, 0.4) is 0 Å². The van der Waals surface area contributed by atoms with E-state index in [4.69, 9.17) is 28.9 Å². The first-order valence-corrected chi connectivity index (χ1v) is 15.5. The highest BCUT2D eigenvalue weighted by Crippen LogP contribution is 2.48. The first-order chi connectivity index (χ1) is 19.9. The Balaban J connectivity index is 1.78. The number of carbonyl (C=O) groups is 3. The van der Waals surface area contributed by atoms with Gasteiger partial charge in [-0.15, -0.1) is 0 Å². The topological polar surface area (TPSA) is 151 Å². The van der Waals surface area contributed by atoms with Gasteiger partial charge in [0.25, 0.3) is 5.91 Å². The molecule has 3 aromatic carbocycles. The molecule has 4 rings (SSSR count). The predicted octanol–water partition coefficient (Wildman–Crippen LogP) is 4.75. The zero-order valence-corrected chi connectivity index (χ0v) is 25.4. The molecule has 222 valence electrons. The van der Waals surface area contributed by atoms with Crippen molar-refractivity contribution in [2.75, 3.05) is 30.3 Å². The van der Waals surface area contributed by atoms with Gasteiger partial charge in [0.05, 0.1) is 15.5 Å². The number of nitrogens with zero attached hydrogens (tertiary/aromatic N) is 1. The van der Waals surface area contributed by atoms with Crippen LogP contribution in [0.25, 0.3) is 0 Å². The Morgan fingerprint density at radius 1 is 1.00 bits per heavy atom. The van der Waals surface area contributed by atoms with E-state index in [1.165, 1.54) is 36.4 Å². The molecule has 1 aliphatic heterocycles. The van der Waals surface area contributed by atoms with Crippen molar-refractivity contribution in [3.8, 4) is 0 Å². The second-order valence-corrected chi connectivity index (χ2v) is 12.4. The molecule has 1 unspecified atom stereocenters. The lowest BCUT2D eigenvalue weighted by molar-refractivity contribution is -0.120. The fourth-order valence-corrected chi connectivity index (χ4v) is 6.97. The van der Waals surface area contributed by atoms with E-state index in [2.05, 4.69) is 16.0 Å². The summed E-state index contributed by atoms with van der Waals surface area (Å²) in [4.78, 5) is 38.9. The number of nitrogens with one attached hydrogen (secondary N) is 3. The monoisotopic (exact) mass is 631 g/mol. The molecular weight excluding hydrogens is 601 g/mol. The van der Waals surface area contributed by atoms with Crippen molar-refractivity contribution in [1.29, 1.82) is 0 Å². The lowest BCUT2D eigenvalue weighted by atomic mass is 9.83. The van der Waals surface area contributed by atoms with Crippen molar-refractivity contribution in [2.45, 2.75) is 42.0 Å². The summed E-state index contributed by atoms with van der Waals surface area (Å²) in [5.74, 6) is -1.05. The van der Waals surface area contributed by atoms with E-state index < -0.39 is 27.2 Å². The van der Waals surface area contributed by atoms with Gasteiger partial charge in [-0.2, -0.15) is 0 Å². The maximum atomic E-state index is 13.9. The molecule has 10 nitrogen and oxygen atoms in total. The van der Waals surface area contributed by atoms with Gasteiger partial charge in [-0.05, 0) is 69.3 Å². The Morgan fingerprint density at radius 2 is 1.67 bits per heavy atom. The first kappa shape index (κ1) is 31.3. The van der Waals surface area contributed by atoms with Crippen molar-refractivity contribution >= 4 is 62.3 Å². The highest BCUT2D eigenvalue weighted by atomic mass is 35.5. The molecule has 0 saturated heterocycles. The van der Waals surface area contributed by atoms with Crippen molar-refractivity contribution in [1.82, 2.24) is 10.2 Å². The van der Waals surface area contributed by atoms with Gasteiger partial charge in [0.1, 0.15) is 0 Å². The average Bonchev–Trinajstić information content (AvgIpc) is 3.23. The SMILES string of the molecule is CCN(CC)C(=O)Nc1ccc(S(=O)(=O)c2cc(Cl)cc3c2NC(=O)C3(NCCCC(N)=O)c2ccccc2Cl)cc1. The van der Waals surface area contributed by atoms with Crippen LogP contribution in [0.15, 0.2) is 70.5 Å². The summed E-state index contributed by atoms with van der Waals surface area (Å²) in [5, 5.41) is 9.05. The Morgan fingerprint density at radius 3 is 2.29 bits per heavy atom. The van der Waals surface area contributed by atoms with E-state index in [0.717, 1.165) is 0 Å². The number of hydrogen-bond donors (Lipinski definition) is 4. The van der Waals surface area contributed by atoms with Gasteiger partial charge in [-0.3, -0.25) is 14.9 Å². The number of benzene rings is 3. The lowest BCUT2D eigenvalue weighted by Gasteiger charge is -2.30. The number of fused-ring (bicyclic) bond motifs is 1. The van der Waals surface area contributed by atoms with Gasteiger partial charge in [0.2, 0.25) is 15.7 Å². The molecule has 3 aromatic rings. The largest absolute Gasteiger partial charge is 0.370 e. The minimum Gasteiger partial charge on any atom is -0.370 e. The number of sulfone groups is 1. The van der Waals surface area contributed by atoms with Gasteiger partial charge < -0.3 is 21.3 Å². The minimum atomic E-state index is -4.20. The van der Waals surface area contributed by atoms with Gasteiger partial charge >= 0.3 is 6.03 Å². The number of nitrogens with two attached hydrogens (primary N) is 1. The van der Waals surface area contributed by atoms with Gasteiger partial charge in [0.15, 0.2) is 5.54 Å². The zero-order valence-electron chi connectivity index (χ0n) is 23.0. The molecule has 5 N–H and O–H groups in total. The number of amides is 4. The summed E-state index contributed by atoms with van der Waals surface area (Å²) in [6.45, 7) is 4.96. The molecular formula is C29H31Cl2N5O5S. The van der Waals surface area contributed by atoms with Crippen molar-refractivity contribution in [3.05, 3.63) is 81.8 Å². The van der Waals surface area contributed by atoms with E-state index in [1.54, 1.807) is 29.2 Å². The minimum absolute atomic E-state index is 0.0608. The molecule has 0 spiro atoms. The van der Waals surface area contributed by atoms with Crippen LogP contribution in [-0.2, 0) is 25.0 Å². The third-order valence-corrected chi connectivity index (χ3v) is 9.42. The summed E-state index contributed by atoms with van der Waals surface area (Å²) in [7, 11) is -4.20. The van der Waals surface area contributed by atoms with Gasteiger partial charge in [-0.1, -0.05) is 41.4 Å². The maximum absolute atomic E-state index is 13.9. The number of hydrogen-bond acceptors (Lipinski definition) is 6. The van der Waals surface area contributed by atoms with Crippen LogP contribution in [0.5, 0.6) is 0 Å². The van der Waals surface area contributed by atoms with E-state index in [1.807, 2.05) is 13.8 Å². The second-order valence-electron chi connectivity index (χ2n) is 9.64. The highest BCUT2D eigenvalue weighted by Gasteiger charge is 2.51. The summed E-state index contributed by atoms with van der Waals surface area (Å²) in [5.41, 5.74) is 4.84. The van der Waals surface area contributed by atoms with Crippen LogP contribution in [0.4, 0.5) is 16.2 Å². The molecule has 1 aliphatic rings. The maximum Gasteiger partial charge on any atom is 0.321 e. The molecule has 1 heterocycles. The standard InChI is InChI=1S/C29H31Cl2N5O5S/c1-3-36(4-2)28(39)34-19-11-13-20(14-12-19)42(40,41)24-17-18(30)16-22-26(24)35-27(38)29(22,33-15-7-10-25(32)37)21-8-5-6-9-23(21)31/h5-6,8-9,11-14,16-17,33H,3-4,7,10,15H2,1-2H3,(H2,32,37)(H,34,39)(H,35,38). The summed E-state index contributed by atoms with van der Waals surface area (Å²) >= 11 is 13.1. The molecule has 0 aliphatic carbocycles. The van der Waals surface area contributed by atoms with Crippen molar-refractivity contribution < 1.29 is 22.8 Å². The van der Waals surface area contributed by atoms with E-state index >= 15 is 0 Å². The van der Waals surface area contributed by atoms with E-state index in [0.29, 0.717) is 30.8 Å². The number of rotatable bonds is 11. The third-order valence-electron chi connectivity index (χ3n) is 7.07. The van der Waals surface area contributed by atoms with Crippen molar-refractivity contribution in [3.63, 3.8) is 0 Å². The molecule has 0 saturated carbocycles. The summed E-state index contributed by atoms with van der Waals surface area (Å²) in [6, 6.07) is 14.9. The normalized spacial score (nSPS) is 16.0. The average molecular weight is 633 g/mol. The summed E-state index contributed by atoms with van der Waals surface area (Å²) < 4.78 is 27.9. The Bertz CT molecular complexity index is 1630. The van der Waals surface area contributed by atoms with Crippen LogP contribution >= 0.6 is 23.2 Å². The zero-order chi connectivity index (χ0) is 30.7. The summed E-state index contributed by atoms with van der Waals surface area (Å²) in [6.07, 6.45) is 0.410. The predicted molar refractivity (Wildman–Crippen MR) is 163 cm³/mol. The Kier molecular flexibility index (Phi) is 9.47. The number of anilines is 2. The van der Waals surface area contributed by atoms with Crippen LogP contribution in [0.2, 0.25) is 10.0 Å². The number of carbonyl (C=O) groups excluding carboxylic acids is 3. The van der Waals surface area contributed by atoms with Gasteiger partial charge in [-0.25, -0.2) is 13.2 Å². The van der Waals surface area contributed by atoms with Crippen LogP contribution < -0.4 is 21.7 Å². The smallest absolute Gasteiger partial charge is 0.321 e. The second kappa shape index (κ2) is 12.7. The fourth-order valence-electron chi connectivity index (χ4n) is 4.95. The molecule has 42 heavy (non-hydrogen) atoms. The molecule has 0 bridgehead atoms. The first-order valence-electron chi connectivity index (χ1n) is 13.3. The number of halogens is 2. The van der Waals surface area contributed by atoms with Crippen LogP contribution in [0, 0.1) is 0 Å². The van der Waals surface area contributed by atoms with Crippen LogP contribution in [-0.4, -0.2) is 50.8 Å². The molecule has 13 heteroatoms. The van der Waals surface area contributed by atoms with E-state index in [-0.39, 0.29) is 50.1 Å². The van der Waals surface area contributed by atoms with E-state index in [9.17, 15) is 22.8 Å². The number of urea groups is 1. The quantitative estimate of drug-likeness (QED) is 0.224. The number of primary amides is 1. The Labute approximate surface area is 254 Å². The molecule has 4 amide bonds. The fraction of sp³-hybridized carbons (Fsp3) is 0.276. The van der Waals surface area contributed by atoms with Crippen LogP contribution in [0.1, 0.15) is 37.8 Å². The molecule has 0 radical (unpaired) electrons. The molecule has 0 fully saturated rings. The van der Waals surface area contributed by atoms with Gasteiger partial charge in [0, 0.05) is 46.4 Å². The highest BCUT2D eigenvalue weighted by molar-refractivity contribution is 7.91. The lowest BCUT2D eigenvalue weighted by Crippen LogP contribution is -2.49. The third kappa shape index (κ3) is 5.96. The molecule has 0 aromatic heterocycles. The van der Waals surface area contributed by atoms with Crippen molar-refractivity contribution in [2.24, 2.45) is 5.73 Å². The molecule has 1 atom stereocenters.